The van der Waals surface area contributed by atoms with Gasteiger partial charge in [-0.2, -0.15) is 0 Å². The Kier molecular flexibility index (Phi) is 6.24. The maximum absolute atomic E-state index is 11.3. The lowest BCUT2D eigenvalue weighted by Gasteiger charge is -2.14. The van der Waals surface area contributed by atoms with Gasteiger partial charge in [-0.25, -0.2) is 0 Å². The van der Waals surface area contributed by atoms with Crippen LogP contribution < -0.4 is 5.32 Å². The number of likely N-dealkylation sites (N-methyl/N-ethyl adjacent to an activating group) is 1. The number of hydrogen-bond acceptors (Lipinski definition) is 2. The van der Waals surface area contributed by atoms with E-state index in [0.717, 1.165) is 25.1 Å². The van der Waals surface area contributed by atoms with Gasteiger partial charge in [-0.1, -0.05) is 19.1 Å². The van der Waals surface area contributed by atoms with Gasteiger partial charge in [-0.15, -0.1) is 0 Å². The van der Waals surface area contributed by atoms with E-state index in [-0.39, 0.29) is 5.91 Å². The van der Waals surface area contributed by atoms with Crippen LogP contribution in [0.2, 0.25) is 0 Å². The summed E-state index contributed by atoms with van der Waals surface area (Å²) in [6.07, 6.45) is 0.963. The molecule has 3 heteroatoms. The van der Waals surface area contributed by atoms with Crippen LogP contribution in [0.5, 0.6) is 0 Å². The molecule has 0 spiro atoms. The van der Waals surface area contributed by atoms with E-state index >= 15 is 0 Å². The average molecular weight is 184 g/mol. The molecule has 0 aliphatic heterocycles. The monoisotopic (exact) mass is 184 g/mol. The highest BCUT2D eigenvalue weighted by molar-refractivity contribution is 5.77. The first-order valence-corrected chi connectivity index (χ1v) is 4.73. The van der Waals surface area contributed by atoms with Gasteiger partial charge in [-0.05, 0) is 13.3 Å². The quantitative estimate of drug-likeness (QED) is 0.625. The van der Waals surface area contributed by atoms with E-state index in [1.807, 2.05) is 6.92 Å². The van der Waals surface area contributed by atoms with Crippen molar-refractivity contribution in [2.75, 3.05) is 26.7 Å². The molecule has 0 saturated carbocycles. The second-order valence-electron chi connectivity index (χ2n) is 3.12. The number of carbonyl (C=O) groups is 1. The minimum Gasteiger partial charge on any atom is -0.345 e. The van der Waals surface area contributed by atoms with Gasteiger partial charge in [0.2, 0.25) is 5.91 Å². The molecule has 0 unspecified atom stereocenters. The predicted molar refractivity (Wildman–Crippen MR) is 55.6 cm³/mol. The highest BCUT2D eigenvalue weighted by Crippen LogP contribution is 1.92. The fraction of sp³-hybridized carbons (Fsp3) is 0.700. The highest BCUT2D eigenvalue weighted by atomic mass is 16.2. The molecule has 0 fully saturated rings. The highest BCUT2D eigenvalue weighted by Gasteiger charge is 2.04. The van der Waals surface area contributed by atoms with E-state index < -0.39 is 0 Å². The summed E-state index contributed by atoms with van der Waals surface area (Å²) < 4.78 is 0. The van der Waals surface area contributed by atoms with Gasteiger partial charge in [-0.3, -0.25) is 4.79 Å². The third-order valence-electron chi connectivity index (χ3n) is 2.05. The summed E-state index contributed by atoms with van der Waals surface area (Å²) in [5.41, 5.74) is 1.13. The van der Waals surface area contributed by atoms with Gasteiger partial charge < -0.3 is 10.2 Å². The molecule has 0 rings (SSSR count). The summed E-state index contributed by atoms with van der Waals surface area (Å²) in [6, 6.07) is 0. The summed E-state index contributed by atoms with van der Waals surface area (Å²) >= 11 is 0. The van der Waals surface area contributed by atoms with E-state index in [1.165, 1.54) is 0 Å². The smallest absolute Gasteiger partial charge is 0.236 e. The molecule has 3 nitrogen and oxygen atoms in total. The van der Waals surface area contributed by atoms with Crippen molar-refractivity contribution in [3.63, 3.8) is 0 Å². The Bertz CT molecular complexity index is 178. The zero-order valence-corrected chi connectivity index (χ0v) is 8.89. The van der Waals surface area contributed by atoms with Crippen LogP contribution in [0.25, 0.3) is 0 Å². The van der Waals surface area contributed by atoms with Crippen LogP contribution in [0.3, 0.4) is 0 Å². The van der Waals surface area contributed by atoms with Crippen LogP contribution in [0.1, 0.15) is 20.3 Å². The van der Waals surface area contributed by atoms with Crippen molar-refractivity contribution in [1.29, 1.82) is 0 Å². The molecule has 13 heavy (non-hydrogen) atoms. The lowest BCUT2D eigenvalue weighted by atomic mass is 10.2. The van der Waals surface area contributed by atoms with Crippen LogP contribution in [-0.4, -0.2) is 37.5 Å². The number of carbonyl (C=O) groups excluding carboxylic acids is 1. The predicted octanol–water partition coefficient (Wildman–Crippen LogP) is 1.02. The minimum atomic E-state index is 0.131. The van der Waals surface area contributed by atoms with Crippen molar-refractivity contribution in [2.24, 2.45) is 0 Å². The first-order chi connectivity index (χ1) is 6.11. The molecular weight excluding hydrogens is 164 g/mol. The normalized spacial score (nSPS) is 9.77. The molecule has 0 heterocycles. The molecule has 0 saturated heterocycles. The molecule has 0 aliphatic carbocycles. The molecule has 0 aromatic carbocycles. The van der Waals surface area contributed by atoms with Crippen LogP contribution >= 0.6 is 0 Å². The van der Waals surface area contributed by atoms with Crippen molar-refractivity contribution in [1.82, 2.24) is 10.2 Å². The Morgan fingerprint density at radius 1 is 1.38 bits per heavy atom. The average Bonchev–Trinajstić information content (AvgIpc) is 2.15. The molecule has 1 amide bonds. The molecule has 0 atom stereocenters. The van der Waals surface area contributed by atoms with Gasteiger partial charge in [0.15, 0.2) is 0 Å². The standard InChI is InChI=1S/C10H20N2O/c1-5-9(3)7-11-8-10(13)12(4)6-2/h11H,3,5-8H2,1-2,4H3. The Balaban J connectivity index is 3.53. The molecule has 0 bridgehead atoms. The van der Waals surface area contributed by atoms with Crippen LogP contribution in [0.15, 0.2) is 12.2 Å². The van der Waals surface area contributed by atoms with Gasteiger partial charge in [0.05, 0.1) is 6.54 Å². The van der Waals surface area contributed by atoms with E-state index in [1.54, 1.807) is 11.9 Å². The first-order valence-electron chi connectivity index (χ1n) is 4.73. The summed E-state index contributed by atoms with van der Waals surface area (Å²) in [7, 11) is 1.80. The second-order valence-corrected chi connectivity index (χ2v) is 3.12. The van der Waals surface area contributed by atoms with Crippen LogP contribution in [0, 0.1) is 0 Å². The topological polar surface area (TPSA) is 32.3 Å². The minimum absolute atomic E-state index is 0.131. The van der Waals surface area contributed by atoms with Gasteiger partial charge in [0, 0.05) is 20.1 Å². The number of nitrogens with one attached hydrogen (secondary N) is 1. The van der Waals surface area contributed by atoms with Crippen molar-refractivity contribution in [3.05, 3.63) is 12.2 Å². The summed E-state index contributed by atoms with van der Waals surface area (Å²) in [4.78, 5) is 13.0. The summed E-state index contributed by atoms with van der Waals surface area (Å²) in [5.74, 6) is 0.131. The molecule has 0 aromatic rings. The van der Waals surface area contributed by atoms with Crippen molar-refractivity contribution in [3.8, 4) is 0 Å². The van der Waals surface area contributed by atoms with Crippen LogP contribution in [0.4, 0.5) is 0 Å². The molecule has 76 valence electrons. The number of amides is 1. The Hall–Kier alpha value is -0.830. The Morgan fingerprint density at radius 2 is 2.00 bits per heavy atom. The molecular formula is C10H20N2O. The number of hydrogen-bond donors (Lipinski definition) is 1. The van der Waals surface area contributed by atoms with Crippen molar-refractivity contribution < 1.29 is 4.79 Å². The van der Waals surface area contributed by atoms with Crippen molar-refractivity contribution in [2.45, 2.75) is 20.3 Å². The fourth-order valence-corrected chi connectivity index (χ4v) is 0.783. The largest absolute Gasteiger partial charge is 0.345 e. The SMILES string of the molecule is C=C(CC)CNCC(=O)N(C)CC. The molecule has 0 aliphatic rings. The number of rotatable bonds is 6. The molecule has 1 N–H and O–H groups in total. The van der Waals surface area contributed by atoms with E-state index in [0.29, 0.717) is 6.54 Å². The Labute approximate surface area is 80.8 Å². The lowest BCUT2D eigenvalue weighted by molar-refractivity contribution is -0.128. The lowest BCUT2D eigenvalue weighted by Crippen LogP contribution is -2.35. The summed E-state index contributed by atoms with van der Waals surface area (Å²) in [6.45, 7) is 9.77. The number of nitrogens with zero attached hydrogens (tertiary/aromatic N) is 1. The second kappa shape index (κ2) is 6.66. The van der Waals surface area contributed by atoms with Gasteiger partial charge >= 0.3 is 0 Å². The molecule has 0 radical (unpaired) electrons. The van der Waals surface area contributed by atoms with Gasteiger partial charge in [0.1, 0.15) is 0 Å². The Morgan fingerprint density at radius 3 is 2.46 bits per heavy atom. The van der Waals surface area contributed by atoms with E-state index in [2.05, 4.69) is 18.8 Å². The third kappa shape index (κ3) is 5.42. The van der Waals surface area contributed by atoms with Crippen LogP contribution in [-0.2, 0) is 4.79 Å². The van der Waals surface area contributed by atoms with Gasteiger partial charge in [0.25, 0.3) is 0 Å². The zero-order chi connectivity index (χ0) is 10.3. The maximum Gasteiger partial charge on any atom is 0.236 e. The zero-order valence-electron chi connectivity index (χ0n) is 8.89. The fourth-order valence-electron chi connectivity index (χ4n) is 0.783. The van der Waals surface area contributed by atoms with E-state index in [4.69, 9.17) is 0 Å². The molecule has 0 aromatic heterocycles. The first kappa shape index (κ1) is 12.2. The maximum atomic E-state index is 11.3. The third-order valence-corrected chi connectivity index (χ3v) is 2.05. The summed E-state index contributed by atoms with van der Waals surface area (Å²) in [5, 5.41) is 3.06. The van der Waals surface area contributed by atoms with E-state index in [9.17, 15) is 4.79 Å². The van der Waals surface area contributed by atoms with Crippen molar-refractivity contribution >= 4 is 5.91 Å².